The van der Waals surface area contributed by atoms with Gasteiger partial charge in [-0.25, -0.2) is 9.67 Å². The van der Waals surface area contributed by atoms with Crippen molar-refractivity contribution in [1.82, 2.24) is 20.1 Å². The van der Waals surface area contributed by atoms with Crippen LogP contribution in [0.25, 0.3) is 11.0 Å². The number of amides is 1. The van der Waals surface area contributed by atoms with Gasteiger partial charge >= 0.3 is 0 Å². The van der Waals surface area contributed by atoms with Crippen molar-refractivity contribution in [3.63, 3.8) is 0 Å². The van der Waals surface area contributed by atoms with Crippen LogP contribution in [0.15, 0.2) is 36.5 Å². The Morgan fingerprint density at radius 1 is 1.35 bits per heavy atom. The fourth-order valence-electron chi connectivity index (χ4n) is 2.65. The molecule has 0 aliphatic carbocycles. The van der Waals surface area contributed by atoms with E-state index in [1.165, 1.54) is 0 Å². The van der Waals surface area contributed by atoms with E-state index in [9.17, 15) is 4.79 Å². The first-order chi connectivity index (χ1) is 12.5. The molecular weight excluding hydrogens is 330 g/mol. The lowest BCUT2D eigenvalue weighted by molar-refractivity contribution is 0.0967. The summed E-state index contributed by atoms with van der Waals surface area (Å²) in [7, 11) is 0. The summed E-state index contributed by atoms with van der Waals surface area (Å²) >= 11 is 0. The number of hydrogen-bond acceptors (Lipinski definition) is 5. The zero-order chi connectivity index (χ0) is 18.7. The Labute approximate surface area is 153 Å². The zero-order valence-corrected chi connectivity index (χ0v) is 15.6. The van der Waals surface area contributed by atoms with Gasteiger partial charge in [-0.15, -0.1) is 0 Å². The van der Waals surface area contributed by atoms with Crippen LogP contribution < -0.4 is 10.6 Å². The summed E-state index contributed by atoms with van der Waals surface area (Å²) in [6.07, 6.45) is 8.51. The molecular formula is C19H25N5O2. The third-order valence-electron chi connectivity index (χ3n) is 4.58. The quantitative estimate of drug-likeness (QED) is 0.832. The van der Waals surface area contributed by atoms with E-state index >= 15 is 0 Å². The Balaban J connectivity index is 2.01. The highest BCUT2D eigenvalue weighted by Gasteiger charge is 2.20. The molecule has 7 nitrogen and oxygen atoms in total. The number of pyridine rings is 1. The van der Waals surface area contributed by atoms with Crippen LogP contribution in [0.4, 0.5) is 5.69 Å². The van der Waals surface area contributed by atoms with Gasteiger partial charge in [0.05, 0.1) is 29.1 Å². The first kappa shape index (κ1) is 18.0. The van der Waals surface area contributed by atoms with E-state index in [-0.39, 0.29) is 11.9 Å². The lowest BCUT2D eigenvalue weighted by Crippen LogP contribution is -2.27. The molecule has 2 aromatic rings. The van der Waals surface area contributed by atoms with Crippen LogP contribution in [0, 0.1) is 5.92 Å². The van der Waals surface area contributed by atoms with Gasteiger partial charge in [0.15, 0.2) is 5.65 Å². The van der Waals surface area contributed by atoms with Gasteiger partial charge in [-0.1, -0.05) is 13.8 Å². The Kier molecular flexibility index (Phi) is 5.25. The molecule has 1 amide bonds. The number of carbonyl (C=O) groups is 1. The zero-order valence-electron chi connectivity index (χ0n) is 15.6. The second-order valence-electron chi connectivity index (χ2n) is 6.67. The van der Waals surface area contributed by atoms with Crippen molar-refractivity contribution in [2.24, 2.45) is 5.92 Å². The van der Waals surface area contributed by atoms with E-state index in [0.29, 0.717) is 23.8 Å². The van der Waals surface area contributed by atoms with E-state index in [4.69, 9.17) is 4.74 Å². The average Bonchev–Trinajstić information content (AvgIpc) is 3.06. The third-order valence-corrected chi connectivity index (χ3v) is 4.58. The van der Waals surface area contributed by atoms with Gasteiger partial charge in [0.1, 0.15) is 6.61 Å². The molecule has 0 saturated heterocycles. The van der Waals surface area contributed by atoms with Gasteiger partial charge in [0.25, 0.3) is 5.91 Å². The number of fused-ring (bicyclic) bond motifs is 1. The minimum absolute atomic E-state index is 0.194. The van der Waals surface area contributed by atoms with Gasteiger partial charge in [-0.2, -0.15) is 5.10 Å². The van der Waals surface area contributed by atoms with Crippen molar-refractivity contribution < 1.29 is 9.53 Å². The predicted octanol–water partition coefficient (Wildman–Crippen LogP) is 3.07. The van der Waals surface area contributed by atoms with Crippen LogP contribution >= 0.6 is 0 Å². The SMILES string of the molecule is CCn1ncc2c(N[C@@H](C)C(C)C)c(C(=O)NC3=CCOC=C3)cnc21. The highest BCUT2D eigenvalue weighted by Crippen LogP contribution is 2.28. The van der Waals surface area contributed by atoms with Crippen LogP contribution in [0.1, 0.15) is 38.1 Å². The highest BCUT2D eigenvalue weighted by atomic mass is 16.5. The minimum atomic E-state index is -0.208. The molecule has 7 heteroatoms. The molecule has 0 radical (unpaired) electrons. The summed E-state index contributed by atoms with van der Waals surface area (Å²) < 4.78 is 6.94. The maximum Gasteiger partial charge on any atom is 0.259 e. The number of allylic oxidation sites excluding steroid dienone is 1. The Hall–Kier alpha value is -2.83. The molecule has 3 rings (SSSR count). The van der Waals surface area contributed by atoms with E-state index in [0.717, 1.165) is 23.3 Å². The molecule has 1 aliphatic rings. The summed E-state index contributed by atoms with van der Waals surface area (Å²) in [6.45, 7) is 9.57. The molecule has 0 fully saturated rings. The van der Waals surface area contributed by atoms with Gasteiger partial charge in [0.2, 0.25) is 0 Å². The second-order valence-corrected chi connectivity index (χ2v) is 6.67. The topological polar surface area (TPSA) is 81.1 Å². The fourth-order valence-corrected chi connectivity index (χ4v) is 2.65. The van der Waals surface area contributed by atoms with Crippen LogP contribution in [0.3, 0.4) is 0 Å². The van der Waals surface area contributed by atoms with Crippen LogP contribution in [-0.2, 0) is 11.3 Å². The number of hydrogen-bond donors (Lipinski definition) is 2. The number of ether oxygens (including phenoxy) is 1. The van der Waals surface area contributed by atoms with E-state index in [1.54, 1.807) is 24.7 Å². The minimum Gasteiger partial charge on any atom is -0.497 e. The monoisotopic (exact) mass is 355 g/mol. The number of aromatic nitrogens is 3. The van der Waals surface area contributed by atoms with Crippen molar-refractivity contribution in [2.75, 3.05) is 11.9 Å². The predicted molar refractivity (Wildman–Crippen MR) is 102 cm³/mol. The average molecular weight is 355 g/mol. The van der Waals surface area contributed by atoms with Crippen LogP contribution in [0.2, 0.25) is 0 Å². The number of carbonyl (C=O) groups excluding carboxylic acids is 1. The van der Waals surface area contributed by atoms with Crippen molar-refractivity contribution in [3.8, 4) is 0 Å². The summed E-state index contributed by atoms with van der Waals surface area (Å²) in [5.41, 5.74) is 2.76. The summed E-state index contributed by atoms with van der Waals surface area (Å²) in [4.78, 5) is 17.3. The number of nitrogens with zero attached hydrogens (tertiary/aromatic N) is 3. The first-order valence-corrected chi connectivity index (χ1v) is 8.92. The van der Waals surface area contributed by atoms with Crippen molar-refractivity contribution in [2.45, 2.75) is 40.3 Å². The number of nitrogens with one attached hydrogen (secondary N) is 2. The maximum atomic E-state index is 12.9. The van der Waals surface area contributed by atoms with Crippen LogP contribution in [0.5, 0.6) is 0 Å². The molecule has 26 heavy (non-hydrogen) atoms. The lowest BCUT2D eigenvalue weighted by atomic mass is 10.0. The maximum absolute atomic E-state index is 12.9. The Bertz CT molecular complexity index is 866. The molecule has 0 unspecified atom stereocenters. The first-order valence-electron chi connectivity index (χ1n) is 8.92. The molecule has 0 saturated carbocycles. The molecule has 1 atom stereocenters. The van der Waals surface area contributed by atoms with E-state index in [2.05, 4.69) is 41.5 Å². The molecule has 2 aromatic heterocycles. The lowest BCUT2D eigenvalue weighted by Gasteiger charge is -2.21. The number of aryl methyl sites for hydroxylation is 1. The molecule has 0 spiro atoms. The normalized spacial score (nSPS) is 14.9. The van der Waals surface area contributed by atoms with Gasteiger partial charge in [-0.05, 0) is 31.9 Å². The Morgan fingerprint density at radius 3 is 2.81 bits per heavy atom. The van der Waals surface area contributed by atoms with Gasteiger partial charge in [-0.3, -0.25) is 4.79 Å². The molecule has 0 bridgehead atoms. The van der Waals surface area contributed by atoms with Crippen molar-refractivity contribution >= 4 is 22.6 Å². The molecule has 1 aliphatic heterocycles. The Morgan fingerprint density at radius 2 is 2.15 bits per heavy atom. The highest BCUT2D eigenvalue weighted by molar-refractivity contribution is 6.07. The smallest absolute Gasteiger partial charge is 0.259 e. The molecule has 2 N–H and O–H groups in total. The van der Waals surface area contributed by atoms with E-state index < -0.39 is 0 Å². The third kappa shape index (κ3) is 3.56. The number of rotatable bonds is 6. The fraction of sp³-hybridized carbons (Fsp3) is 0.421. The standard InChI is InChI=1S/C19H25N5O2/c1-5-24-18-15(11-21-24)17(22-13(4)12(2)3)16(10-20-18)19(25)23-14-6-8-26-9-7-14/h6-8,10-13H,5,9H2,1-4H3,(H,20,22)(H,23,25)/t13-/m0/s1. The number of anilines is 1. The summed E-state index contributed by atoms with van der Waals surface area (Å²) in [5.74, 6) is 0.205. The second kappa shape index (κ2) is 7.59. The summed E-state index contributed by atoms with van der Waals surface area (Å²) in [6, 6.07) is 0.194. The largest absolute Gasteiger partial charge is 0.497 e. The van der Waals surface area contributed by atoms with Gasteiger partial charge < -0.3 is 15.4 Å². The van der Waals surface area contributed by atoms with Crippen molar-refractivity contribution in [3.05, 3.63) is 42.1 Å². The summed E-state index contributed by atoms with van der Waals surface area (Å²) in [5, 5.41) is 11.6. The molecule has 3 heterocycles. The van der Waals surface area contributed by atoms with Gasteiger partial charge in [0, 0.05) is 24.5 Å². The van der Waals surface area contributed by atoms with Crippen LogP contribution in [-0.4, -0.2) is 33.3 Å². The molecule has 138 valence electrons. The van der Waals surface area contributed by atoms with Crippen molar-refractivity contribution in [1.29, 1.82) is 0 Å². The molecule has 0 aromatic carbocycles. The van der Waals surface area contributed by atoms with E-state index in [1.807, 2.05) is 17.7 Å².